The summed E-state index contributed by atoms with van der Waals surface area (Å²) in [6, 6.07) is 0. The van der Waals surface area contributed by atoms with E-state index in [9.17, 15) is 19.8 Å². The van der Waals surface area contributed by atoms with Gasteiger partial charge in [0, 0.05) is 5.92 Å². The van der Waals surface area contributed by atoms with Crippen molar-refractivity contribution >= 4 is 11.9 Å². The molecule has 0 spiro atoms. The van der Waals surface area contributed by atoms with Crippen LogP contribution in [0, 0.1) is 23.7 Å². The summed E-state index contributed by atoms with van der Waals surface area (Å²) in [5.74, 6) is -0.312. The molecule has 2 aliphatic rings. The number of esters is 1. The fourth-order valence-corrected chi connectivity index (χ4v) is 4.55. The Morgan fingerprint density at radius 3 is 2.70 bits per heavy atom. The third-order valence-electron chi connectivity index (χ3n) is 6.55. The van der Waals surface area contributed by atoms with Gasteiger partial charge in [0.1, 0.15) is 6.10 Å². The molecule has 0 bridgehead atoms. The molecule has 4 N–H and O–H groups in total. The molecule has 0 radical (unpaired) electrons. The fraction of sp³-hybridized carbons (Fsp3) is 0.739. The minimum atomic E-state index is -1.01. The Kier molecular flexibility index (Phi) is 9.52. The highest BCUT2D eigenvalue weighted by atomic mass is 16.5. The summed E-state index contributed by atoms with van der Waals surface area (Å²) in [6.45, 7) is 6.01. The second-order valence-electron chi connectivity index (χ2n) is 8.83. The van der Waals surface area contributed by atoms with Crippen LogP contribution in [0.4, 0.5) is 0 Å². The van der Waals surface area contributed by atoms with E-state index in [0.717, 1.165) is 25.7 Å². The van der Waals surface area contributed by atoms with Gasteiger partial charge in [0.05, 0.1) is 24.5 Å². The maximum atomic E-state index is 12.4. The van der Waals surface area contributed by atoms with Crippen LogP contribution in [0.2, 0.25) is 0 Å². The van der Waals surface area contributed by atoms with E-state index < -0.39 is 18.1 Å². The maximum absolute atomic E-state index is 12.4. The van der Waals surface area contributed by atoms with E-state index >= 15 is 0 Å². The first kappa shape index (κ1) is 24.6. The first-order valence-corrected chi connectivity index (χ1v) is 11.1. The number of aliphatic hydroxyl groups is 2. The molecule has 7 heteroatoms. The van der Waals surface area contributed by atoms with E-state index in [1.807, 2.05) is 13.8 Å². The molecule has 1 amide bonds. The number of fused-ring (bicyclic) bond motifs is 1. The van der Waals surface area contributed by atoms with Crippen LogP contribution >= 0.6 is 0 Å². The van der Waals surface area contributed by atoms with Gasteiger partial charge < -0.3 is 14.9 Å². The van der Waals surface area contributed by atoms with Crippen molar-refractivity contribution in [1.82, 2.24) is 5.48 Å². The lowest BCUT2D eigenvalue weighted by Crippen LogP contribution is -2.40. The summed E-state index contributed by atoms with van der Waals surface area (Å²) in [4.78, 5) is 23.6. The Hall–Kier alpha value is -1.70. The lowest BCUT2D eigenvalue weighted by Gasteiger charge is -2.42. The van der Waals surface area contributed by atoms with Gasteiger partial charge in [-0.2, -0.15) is 0 Å². The zero-order valence-corrected chi connectivity index (χ0v) is 18.3. The van der Waals surface area contributed by atoms with Gasteiger partial charge in [-0.05, 0) is 55.9 Å². The minimum absolute atomic E-state index is 0.0736. The largest absolute Gasteiger partial charge is 0.461 e. The van der Waals surface area contributed by atoms with Crippen LogP contribution in [0.5, 0.6) is 0 Å². The number of allylic oxidation sites excluding steroid dienone is 3. The zero-order valence-electron chi connectivity index (χ0n) is 18.3. The second-order valence-corrected chi connectivity index (χ2v) is 8.83. The first-order valence-electron chi connectivity index (χ1n) is 11.1. The van der Waals surface area contributed by atoms with Crippen molar-refractivity contribution in [3.05, 3.63) is 23.8 Å². The quantitative estimate of drug-likeness (QED) is 0.244. The topological polar surface area (TPSA) is 116 Å². The number of carbonyl (C=O) groups is 2. The molecule has 0 saturated heterocycles. The number of amides is 1. The Balaban J connectivity index is 2.01. The van der Waals surface area contributed by atoms with Crippen molar-refractivity contribution in [1.29, 1.82) is 0 Å². The lowest BCUT2D eigenvalue weighted by molar-refractivity contribution is -0.158. The Labute approximate surface area is 179 Å². The number of hydrogen-bond acceptors (Lipinski definition) is 6. The van der Waals surface area contributed by atoms with Gasteiger partial charge in [-0.1, -0.05) is 39.0 Å². The lowest BCUT2D eigenvalue weighted by atomic mass is 9.66. The number of aliphatic hydroxyl groups excluding tert-OH is 2. The molecule has 0 heterocycles. The first-order chi connectivity index (χ1) is 14.3. The summed E-state index contributed by atoms with van der Waals surface area (Å²) in [6.07, 6.45) is 8.11. The van der Waals surface area contributed by atoms with Crippen LogP contribution < -0.4 is 5.48 Å². The van der Waals surface area contributed by atoms with Crippen molar-refractivity contribution < 1.29 is 29.7 Å². The van der Waals surface area contributed by atoms with E-state index in [4.69, 9.17) is 9.94 Å². The maximum Gasteiger partial charge on any atom is 0.308 e. The highest BCUT2D eigenvalue weighted by molar-refractivity contribution is 5.75. The second kappa shape index (κ2) is 11.6. The molecular weight excluding hydrogens is 386 g/mol. The Bertz CT molecular complexity index is 646. The SMILES string of the molecule is CCC(C)C(=O)O[C@H]1CCC=C2C=C[C@H](C)[C@H](CC[C@@H](O)C[C@@H](O)CC(=O)NO)[C@H]21. The molecule has 170 valence electrons. The van der Waals surface area contributed by atoms with Crippen LogP contribution in [0.3, 0.4) is 0 Å². The van der Waals surface area contributed by atoms with Crippen LogP contribution in [-0.4, -0.2) is 45.6 Å². The number of rotatable bonds is 10. The zero-order chi connectivity index (χ0) is 22.3. The monoisotopic (exact) mass is 423 g/mol. The number of nitrogens with one attached hydrogen (secondary N) is 1. The van der Waals surface area contributed by atoms with Crippen LogP contribution in [-0.2, 0) is 14.3 Å². The molecule has 0 aromatic carbocycles. The van der Waals surface area contributed by atoms with Crippen molar-refractivity contribution in [2.24, 2.45) is 23.7 Å². The molecule has 0 saturated carbocycles. The van der Waals surface area contributed by atoms with Gasteiger partial charge in [-0.25, -0.2) is 5.48 Å². The van der Waals surface area contributed by atoms with Crippen LogP contribution in [0.15, 0.2) is 23.8 Å². The van der Waals surface area contributed by atoms with Crippen LogP contribution in [0.1, 0.15) is 65.7 Å². The molecule has 7 nitrogen and oxygen atoms in total. The van der Waals surface area contributed by atoms with Gasteiger partial charge in [0.25, 0.3) is 0 Å². The Morgan fingerprint density at radius 1 is 1.30 bits per heavy atom. The van der Waals surface area contributed by atoms with E-state index in [1.54, 1.807) is 0 Å². The van der Waals surface area contributed by atoms with Crippen LogP contribution in [0.25, 0.3) is 0 Å². The van der Waals surface area contributed by atoms with E-state index in [0.29, 0.717) is 6.42 Å². The number of hydrogen-bond donors (Lipinski definition) is 4. The molecule has 0 aliphatic heterocycles. The van der Waals surface area contributed by atoms with Gasteiger partial charge in [-0.15, -0.1) is 0 Å². The molecule has 1 unspecified atom stereocenters. The van der Waals surface area contributed by atoms with Gasteiger partial charge >= 0.3 is 5.97 Å². The minimum Gasteiger partial charge on any atom is -0.461 e. The van der Waals surface area contributed by atoms with Gasteiger partial charge in [0.15, 0.2) is 0 Å². The number of hydroxylamine groups is 1. The van der Waals surface area contributed by atoms with Gasteiger partial charge in [0.2, 0.25) is 5.91 Å². The fourth-order valence-electron chi connectivity index (χ4n) is 4.55. The molecule has 7 atom stereocenters. The number of carbonyl (C=O) groups excluding carboxylic acids is 2. The highest BCUT2D eigenvalue weighted by Gasteiger charge is 2.40. The molecule has 0 fully saturated rings. The average Bonchev–Trinajstić information content (AvgIpc) is 2.72. The van der Waals surface area contributed by atoms with Gasteiger partial charge in [-0.3, -0.25) is 14.8 Å². The molecule has 2 aliphatic carbocycles. The smallest absolute Gasteiger partial charge is 0.308 e. The summed E-state index contributed by atoms with van der Waals surface area (Å²) in [5, 5.41) is 28.8. The summed E-state index contributed by atoms with van der Waals surface area (Å²) in [7, 11) is 0. The molecule has 30 heavy (non-hydrogen) atoms. The average molecular weight is 424 g/mol. The Morgan fingerprint density at radius 2 is 2.03 bits per heavy atom. The predicted octanol–water partition coefficient (Wildman–Crippen LogP) is 2.89. The molecule has 2 rings (SSSR count). The molecule has 0 aromatic heterocycles. The van der Waals surface area contributed by atoms with Crippen molar-refractivity contribution in [2.75, 3.05) is 0 Å². The molecular formula is C23H37NO6. The van der Waals surface area contributed by atoms with E-state index in [1.165, 1.54) is 11.1 Å². The molecule has 0 aromatic rings. The normalized spacial score (nSPS) is 28.7. The van der Waals surface area contributed by atoms with Crippen molar-refractivity contribution in [3.8, 4) is 0 Å². The third kappa shape index (κ3) is 6.65. The standard InChI is InChI=1S/C23H37NO6/c1-4-14(2)23(28)30-20-7-5-6-16-9-8-15(3)19(22(16)20)11-10-17(25)12-18(26)13-21(27)24-29/h6,8-9,14-15,17-20,22,25-26,29H,4-5,7,10-13H2,1-3H3,(H,24,27)/t14?,15-,17+,18+,19-,20-,22-/m0/s1. The van der Waals surface area contributed by atoms with Crippen molar-refractivity contribution in [2.45, 2.75) is 84.0 Å². The summed E-state index contributed by atoms with van der Waals surface area (Å²) < 4.78 is 5.94. The van der Waals surface area contributed by atoms with E-state index in [2.05, 4.69) is 25.2 Å². The third-order valence-corrected chi connectivity index (χ3v) is 6.55. The van der Waals surface area contributed by atoms with E-state index in [-0.39, 0.29) is 48.6 Å². The van der Waals surface area contributed by atoms with Crippen molar-refractivity contribution in [3.63, 3.8) is 0 Å². The summed E-state index contributed by atoms with van der Waals surface area (Å²) >= 11 is 0. The number of ether oxygens (including phenoxy) is 1. The predicted molar refractivity (Wildman–Crippen MR) is 112 cm³/mol. The summed E-state index contributed by atoms with van der Waals surface area (Å²) in [5.41, 5.74) is 2.70. The highest BCUT2D eigenvalue weighted by Crippen LogP contribution is 2.44.